The van der Waals surface area contributed by atoms with Gasteiger partial charge in [-0.3, -0.25) is 4.79 Å². The van der Waals surface area contributed by atoms with Crippen LogP contribution >= 0.6 is 31.9 Å². The summed E-state index contributed by atoms with van der Waals surface area (Å²) >= 11 is 6.38. The summed E-state index contributed by atoms with van der Waals surface area (Å²) in [7, 11) is 0. The SMILES string of the molecule is O=c1[nH]c(-c2cc(Br)c3c(c2)OCCCO3)nc(O)c1Br. The third-order valence-corrected chi connectivity index (χ3v) is 4.22. The van der Waals surface area contributed by atoms with Crippen molar-refractivity contribution in [1.82, 2.24) is 9.97 Å². The van der Waals surface area contributed by atoms with Crippen molar-refractivity contribution in [3.63, 3.8) is 0 Å². The lowest BCUT2D eigenvalue weighted by atomic mass is 10.2. The third kappa shape index (κ3) is 2.77. The fraction of sp³-hybridized carbons (Fsp3) is 0.231. The van der Waals surface area contributed by atoms with Crippen molar-refractivity contribution < 1.29 is 14.6 Å². The number of aromatic hydroxyl groups is 1. The second-order valence-corrected chi connectivity index (χ2v) is 6.04. The molecule has 0 saturated carbocycles. The first-order chi connectivity index (χ1) is 10.1. The van der Waals surface area contributed by atoms with Crippen molar-refractivity contribution in [3.8, 4) is 28.8 Å². The highest BCUT2D eigenvalue weighted by atomic mass is 79.9. The molecule has 2 N–H and O–H groups in total. The number of rotatable bonds is 1. The standard InChI is InChI=1S/C13H10Br2N2O4/c14-7-4-6(5-8-10(7)21-3-1-2-20-8)11-16-12(18)9(15)13(19)17-11/h4-5H,1-3H2,(H2,16,17,18,19). The van der Waals surface area contributed by atoms with Gasteiger partial charge in [0.15, 0.2) is 11.5 Å². The van der Waals surface area contributed by atoms with E-state index >= 15 is 0 Å². The Morgan fingerprint density at radius 1 is 1.24 bits per heavy atom. The smallest absolute Gasteiger partial charge is 0.269 e. The van der Waals surface area contributed by atoms with E-state index in [1.54, 1.807) is 12.1 Å². The topological polar surface area (TPSA) is 84.4 Å². The molecule has 6 nitrogen and oxygen atoms in total. The number of hydrogen-bond donors (Lipinski definition) is 2. The van der Waals surface area contributed by atoms with Gasteiger partial charge in [-0.15, -0.1) is 0 Å². The minimum absolute atomic E-state index is 0.000316. The summed E-state index contributed by atoms with van der Waals surface area (Å²) in [5.74, 6) is 1.08. The molecule has 0 fully saturated rings. The van der Waals surface area contributed by atoms with Crippen LogP contribution in [0.4, 0.5) is 0 Å². The number of nitrogens with zero attached hydrogens (tertiary/aromatic N) is 1. The number of H-pyrrole nitrogens is 1. The van der Waals surface area contributed by atoms with Gasteiger partial charge in [-0.1, -0.05) is 0 Å². The van der Waals surface area contributed by atoms with Crippen LogP contribution in [-0.4, -0.2) is 28.3 Å². The number of ether oxygens (including phenoxy) is 2. The van der Waals surface area contributed by atoms with E-state index in [2.05, 4.69) is 41.8 Å². The van der Waals surface area contributed by atoms with Crippen LogP contribution in [0.2, 0.25) is 0 Å². The number of aromatic nitrogens is 2. The maximum atomic E-state index is 11.7. The molecule has 110 valence electrons. The van der Waals surface area contributed by atoms with E-state index in [-0.39, 0.29) is 16.2 Å². The van der Waals surface area contributed by atoms with Crippen LogP contribution in [0.1, 0.15) is 6.42 Å². The highest BCUT2D eigenvalue weighted by Gasteiger charge is 2.18. The first-order valence-corrected chi connectivity index (χ1v) is 7.73. The van der Waals surface area contributed by atoms with Gasteiger partial charge in [-0.2, -0.15) is 4.98 Å². The maximum Gasteiger partial charge on any atom is 0.269 e. The fourth-order valence-electron chi connectivity index (χ4n) is 1.95. The molecule has 0 unspecified atom stereocenters. The summed E-state index contributed by atoms with van der Waals surface area (Å²) in [5, 5.41) is 9.65. The van der Waals surface area contributed by atoms with Gasteiger partial charge in [-0.05, 0) is 44.0 Å². The number of benzene rings is 1. The van der Waals surface area contributed by atoms with E-state index in [1.807, 2.05) is 0 Å². The zero-order valence-corrected chi connectivity index (χ0v) is 13.8. The molecule has 1 aromatic carbocycles. The average Bonchev–Trinajstić information content (AvgIpc) is 2.69. The Labute approximate surface area is 136 Å². The summed E-state index contributed by atoms with van der Waals surface area (Å²) < 4.78 is 11.9. The van der Waals surface area contributed by atoms with Gasteiger partial charge >= 0.3 is 0 Å². The molecule has 1 aromatic heterocycles. The van der Waals surface area contributed by atoms with Crippen LogP contribution in [-0.2, 0) is 0 Å². The van der Waals surface area contributed by atoms with Gasteiger partial charge in [0.1, 0.15) is 10.3 Å². The molecule has 1 aliphatic heterocycles. The third-order valence-electron chi connectivity index (χ3n) is 2.92. The molecular weight excluding hydrogens is 408 g/mol. The van der Waals surface area contributed by atoms with Crippen LogP contribution in [0.5, 0.6) is 17.4 Å². The zero-order chi connectivity index (χ0) is 15.0. The Hall–Kier alpha value is -1.54. The Morgan fingerprint density at radius 2 is 2.00 bits per heavy atom. The van der Waals surface area contributed by atoms with E-state index in [9.17, 15) is 9.90 Å². The molecular formula is C13H10Br2N2O4. The first-order valence-electron chi connectivity index (χ1n) is 6.14. The predicted molar refractivity (Wildman–Crippen MR) is 83.0 cm³/mol. The van der Waals surface area contributed by atoms with Crippen molar-refractivity contribution in [2.45, 2.75) is 6.42 Å². The maximum absolute atomic E-state index is 11.7. The highest BCUT2D eigenvalue weighted by Crippen LogP contribution is 2.40. The number of nitrogens with one attached hydrogen (secondary N) is 1. The van der Waals surface area contributed by atoms with Crippen LogP contribution in [0, 0.1) is 0 Å². The van der Waals surface area contributed by atoms with Gasteiger partial charge in [0.25, 0.3) is 5.56 Å². The fourth-order valence-corrected chi connectivity index (χ4v) is 2.70. The summed E-state index contributed by atoms with van der Waals surface area (Å²) in [6, 6.07) is 3.47. The number of fused-ring (bicyclic) bond motifs is 1. The van der Waals surface area contributed by atoms with Crippen LogP contribution in [0.3, 0.4) is 0 Å². The summed E-state index contributed by atoms with van der Waals surface area (Å²) in [6.07, 6.45) is 0.796. The number of aromatic amines is 1. The molecule has 0 atom stereocenters. The van der Waals surface area contributed by atoms with Crippen LogP contribution in [0.25, 0.3) is 11.4 Å². The van der Waals surface area contributed by atoms with Crippen LogP contribution in [0.15, 0.2) is 25.9 Å². The second-order valence-electron chi connectivity index (χ2n) is 4.39. The lowest BCUT2D eigenvalue weighted by molar-refractivity contribution is 0.296. The molecule has 0 aliphatic carbocycles. The molecule has 3 rings (SSSR count). The molecule has 21 heavy (non-hydrogen) atoms. The Kier molecular flexibility index (Phi) is 3.90. The monoisotopic (exact) mass is 416 g/mol. The van der Waals surface area contributed by atoms with Crippen molar-refractivity contribution in [1.29, 1.82) is 0 Å². The van der Waals surface area contributed by atoms with E-state index in [0.717, 1.165) is 6.42 Å². The second kappa shape index (κ2) is 5.69. The first kappa shape index (κ1) is 14.4. The van der Waals surface area contributed by atoms with Crippen LogP contribution < -0.4 is 15.0 Å². The molecule has 0 spiro atoms. The Bertz CT molecular complexity index is 761. The largest absolute Gasteiger partial charge is 0.492 e. The quantitative estimate of drug-likeness (QED) is 0.745. The highest BCUT2D eigenvalue weighted by molar-refractivity contribution is 9.10. The summed E-state index contributed by atoms with van der Waals surface area (Å²) in [4.78, 5) is 18.2. The molecule has 0 radical (unpaired) electrons. The van der Waals surface area contributed by atoms with Crippen molar-refractivity contribution in [2.24, 2.45) is 0 Å². The van der Waals surface area contributed by atoms with E-state index in [0.29, 0.717) is 34.7 Å². The Balaban J connectivity index is 2.14. The average molecular weight is 418 g/mol. The molecule has 0 saturated heterocycles. The summed E-state index contributed by atoms with van der Waals surface area (Å²) in [6.45, 7) is 1.14. The lowest BCUT2D eigenvalue weighted by Crippen LogP contribution is -2.09. The molecule has 8 heteroatoms. The van der Waals surface area contributed by atoms with Gasteiger partial charge in [-0.25, -0.2) is 0 Å². The molecule has 2 heterocycles. The van der Waals surface area contributed by atoms with Gasteiger partial charge in [0.05, 0.1) is 17.7 Å². The Morgan fingerprint density at radius 3 is 2.76 bits per heavy atom. The van der Waals surface area contributed by atoms with Gasteiger partial charge in [0.2, 0.25) is 5.88 Å². The molecule has 1 aliphatic rings. The lowest BCUT2D eigenvalue weighted by Gasteiger charge is -2.11. The predicted octanol–water partition coefficient (Wildman–Crippen LogP) is 2.83. The zero-order valence-electron chi connectivity index (χ0n) is 10.7. The van der Waals surface area contributed by atoms with Gasteiger partial charge < -0.3 is 19.6 Å². The molecule has 0 bridgehead atoms. The van der Waals surface area contributed by atoms with E-state index in [1.165, 1.54) is 0 Å². The van der Waals surface area contributed by atoms with Crippen molar-refractivity contribution in [2.75, 3.05) is 13.2 Å². The van der Waals surface area contributed by atoms with Crippen molar-refractivity contribution in [3.05, 3.63) is 31.4 Å². The van der Waals surface area contributed by atoms with E-state index < -0.39 is 5.56 Å². The number of hydrogen-bond acceptors (Lipinski definition) is 5. The minimum Gasteiger partial charge on any atom is -0.492 e. The van der Waals surface area contributed by atoms with Crippen molar-refractivity contribution >= 4 is 31.9 Å². The summed E-state index contributed by atoms with van der Waals surface area (Å²) in [5.41, 5.74) is 0.145. The number of halogens is 2. The molecule has 0 amide bonds. The van der Waals surface area contributed by atoms with Gasteiger partial charge in [0, 0.05) is 12.0 Å². The minimum atomic E-state index is -0.458. The van der Waals surface area contributed by atoms with E-state index in [4.69, 9.17) is 9.47 Å². The molecule has 2 aromatic rings. The normalized spacial score (nSPS) is 13.8.